The molecule has 0 aromatic carbocycles. The molecule has 0 fully saturated rings. The molecule has 1 atom stereocenters. The number of hydrogen-bond donors (Lipinski definition) is 4. The fourth-order valence-electron chi connectivity index (χ4n) is 2.01. The number of nitrogens with two attached hydrogens (primary N) is 2. The first-order valence-corrected chi connectivity index (χ1v) is 8.79. The van der Waals surface area contributed by atoms with Crippen molar-refractivity contribution < 1.29 is 24.6 Å². The maximum atomic E-state index is 10.2. The third kappa shape index (κ3) is 22.6. The lowest BCUT2D eigenvalue weighted by Gasteiger charge is -2.01. The van der Waals surface area contributed by atoms with Gasteiger partial charge in [-0.2, -0.15) is 0 Å². The van der Waals surface area contributed by atoms with Crippen LogP contribution in [-0.2, 0) is 14.4 Å². The van der Waals surface area contributed by atoms with E-state index in [1.807, 2.05) is 0 Å². The number of aliphatic carboxylic acids is 2. The summed E-state index contributed by atoms with van der Waals surface area (Å²) in [4.78, 5) is 30.3. The molecule has 0 rings (SSSR count). The molecule has 0 spiro atoms. The van der Waals surface area contributed by atoms with E-state index in [9.17, 15) is 14.4 Å². The lowest BCUT2D eigenvalue weighted by molar-refractivity contribution is -0.139. The van der Waals surface area contributed by atoms with Crippen LogP contribution in [0.1, 0.15) is 84.0 Å². The molecule has 0 radical (unpaired) electrons. The average molecular weight is 346 g/mol. The van der Waals surface area contributed by atoms with Crippen molar-refractivity contribution in [2.45, 2.75) is 90.0 Å². The fourth-order valence-corrected chi connectivity index (χ4v) is 2.01. The van der Waals surface area contributed by atoms with E-state index in [1.165, 1.54) is 44.9 Å². The van der Waals surface area contributed by atoms with E-state index in [1.54, 1.807) is 0 Å². The van der Waals surface area contributed by atoms with Crippen molar-refractivity contribution in [2.75, 3.05) is 0 Å². The van der Waals surface area contributed by atoms with Crippen LogP contribution in [0.15, 0.2) is 0 Å². The Hall–Kier alpha value is -1.63. The topological polar surface area (TPSA) is 144 Å². The number of primary amides is 1. The second-order valence-corrected chi connectivity index (χ2v) is 5.92. The third-order valence-corrected chi connectivity index (χ3v) is 3.51. The van der Waals surface area contributed by atoms with Crippen LogP contribution < -0.4 is 11.5 Å². The van der Waals surface area contributed by atoms with Gasteiger partial charge in [-0.15, -0.1) is 0 Å². The van der Waals surface area contributed by atoms with Crippen LogP contribution >= 0.6 is 0 Å². The zero-order valence-corrected chi connectivity index (χ0v) is 14.8. The van der Waals surface area contributed by atoms with Gasteiger partial charge in [0.15, 0.2) is 0 Å². The minimum Gasteiger partial charge on any atom is -0.481 e. The molecule has 0 heterocycles. The van der Waals surface area contributed by atoms with Gasteiger partial charge in [-0.05, 0) is 12.8 Å². The summed E-state index contributed by atoms with van der Waals surface area (Å²) in [7, 11) is 0. The molecule has 24 heavy (non-hydrogen) atoms. The molecule has 7 heteroatoms. The number of carbonyl (C=O) groups excluding carboxylic acids is 1. The maximum absolute atomic E-state index is 10.2. The van der Waals surface area contributed by atoms with Crippen molar-refractivity contribution in [3.8, 4) is 0 Å². The van der Waals surface area contributed by atoms with E-state index in [4.69, 9.17) is 21.7 Å². The van der Waals surface area contributed by atoms with Gasteiger partial charge in [0.1, 0.15) is 6.04 Å². The van der Waals surface area contributed by atoms with Gasteiger partial charge in [-0.3, -0.25) is 14.4 Å². The number of carbonyl (C=O) groups is 3. The Kier molecular flexibility index (Phi) is 18.2. The van der Waals surface area contributed by atoms with Crippen LogP contribution in [0.5, 0.6) is 0 Å². The number of carboxylic acids is 2. The predicted molar refractivity (Wildman–Crippen MR) is 93.5 cm³/mol. The highest BCUT2D eigenvalue weighted by Gasteiger charge is 2.11. The molecule has 0 saturated carbocycles. The molecule has 142 valence electrons. The first kappa shape index (κ1) is 24.6. The normalized spacial score (nSPS) is 11.2. The molecule has 0 aliphatic carbocycles. The van der Waals surface area contributed by atoms with Crippen molar-refractivity contribution in [1.82, 2.24) is 0 Å². The maximum Gasteiger partial charge on any atom is 0.320 e. The average Bonchev–Trinajstić information content (AvgIpc) is 2.51. The number of amides is 1. The first-order valence-electron chi connectivity index (χ1n) is 8.79. The van der Waals surface area contributed by atoms with Crippen molar-refractivity contribution in [2.24, 2.45) is 11.5 Å². The Labute approximate surface area is 144 Å². The van der Waals surface area contributed by atoms with Crippen molar-refractivity contribution >= 4 is 17.8 Å². The van der Waals surface area contributed by atoms with E-state index in [2.05, 4.69) is 6.92 Å². The quantitative estimate of drug-likeness (QED) is 0.356. The molecule has 0 aliphatic rings. The molecule has 7 nitrogen and oxygen atoms in total. The van der Waals surface area contributed by atoms with Gasteiger partial charge in [0.25, 0.3) is 0 Å². The third-order valence-electron chi connectivity index (χ3n) is 3.51. The summed E-state index contributed by atoms with van der Waals surface area (Å²) in [5.74, 6) is -2.30. The largest absolute Gasteiger partial charge is 0.481 e. The summed E-state index contributed by atoms with van der Waals surface area (Å²) >= 11 is 0. The Bertz CT molecular complexity index is 348. The molecular weight excluding hydrogens is 312 g/mol. The molecule has 0 saturated heterocycles. The molecule has 0 aliphatic heterocycles. The van der Waals surface area contributed by atoms with E-state index >= 15 is 0 Å². The van der Waals surface area contributed by atoms with Gasteiger partial charge in [0.2, 0.25) is 5.91 Å². The number of hydrogen-bond acceptors (Lipinski definition) is 4. The molecular formula is C17H34N2O5. The zero-order chi connectivity index (χ0) is 18.8. The zero-order valence-electron chi connectivity index (χ0n) is 14.8. The minimum absolute atomic E-state index is 0.0213. The van der Waals surface area contributed by atoms with Crippen LogP contribution in [0.2, 0.25) is 0 Å². The molecule has 0 aromatic heterocycles. The highest BCUT2D eigenvalue weighted by molar-refractivity contribution is 5.76. The Morgan fingerprint density at radius 3 is 1.67 bits per heavy atom. The second kappa shape index (κ2) is 17.7. The summed E-state index contributed by atoms with van der Waals surface area (Å²) in [5.41, 5.74) is 9.81. The summed E-state index contributed by atoms with van der Waals surface area (Å²) in [6.07, 6.45) is 11.6. The van der Waals surface area contributed by atoms with Crippen LogP contribution in [-0.4, -0.2) is 34.1 Å². The Balaban J connectivity index is 0. The number of rotatable bonds is 14. The first-order chi connectivity index (χ1) is 11.3. The molecule has 0 bridgehead atoms. The molecule has 1 unspecified atom stereocenters. The highest BCUT2D eigenvalue weighted by Crippen LogP contribution is 2.10. The standard InChI is InChI=1S/C12H24O2.C5H10N2O3/c1-2-3-4-5-6-7-8-9-10-11-12(13)14;6-3(5(9)10)1-2-4(7)8/h2-11H2,1H3,(H,13,14);3H,1-2,6H2,(H2,7,8)(H,9,10). The van der Waals surface area contributed by atoms with Crippen molar-refractivity contribution in [1.29, 1.82) is 0 Å². The molecule has 6 N–H and O–H groups in total. The van der Waals surface area contributed by atoms with Crippen LogP contribution in [0.3, 0.4) is 0 Å². The second-order valence-electron chi connectivity index (χ2n) is 5.92. The van der Waals surface area contributed by atoms with Gasteiger partial charge in [-0.25, -0.2) is 0 Å². The van der Waals surface area contributed by atoms with Gasteiger partial charge < -0.3 is 21.7 Å². The molecule has 1 amide bonds. The predicted octanol–water partition coefficient (Wildman–Crippen LogP) is 2.66. The Morgan fingerprint density at radius 1 is 0.833 bits per heavy atom. The summed E-state index contributed by atoms with van der Waals surface area (Å²) < 4.78 is 0. The van der Waals surface area contributed by atoms with Crippen molar-refractivity contribution in [3.63, 3.8) is 0 Å². The SMILES string of the molecule is CCCCCCCCCCCC(=O)O.NC(=O)CCC(N)C(=O)O. The van der Waals surface area contributed by atoms with Crippen molar-refractivity contribution in [3.05, 3.63) is 0 Å². The monoisotopic (exact) mass is 346 g/mol. The lowest BCUT2D eigenvalue weighted by atomic mass is 10.1. The van der Waals surface area contributed by atoms with E-state index in [0.717, 1.165) is 12.8 Å². The fraction of sp³-hybridized carbons (Fsp3) is 0.824. The van der Waals surface area contributed by atoms with E-state index in [-0.39, 0.29) is 12.8 Å². The van der Waals surface area contributed by atoms with Crippen LogP contribution in [0, 0.1) is 0 Å². The van der Waals surface area contributed by atoms with Gasteiger partial charge >= 0.3 is 11.9 Å². The van der Waals surface area contributed by atoms with Gasteiger partial charge in [0, 0.05) is 12.8 Å². The minimum atomic E-state index is -1.11. The lowest BCUT2D eigenvalue weighted by Crippen LogP contribution is -2.31. The highest BCUT2D eigenvalue weighted by atomic mass is 16.4. The number of carboxylic acid groups (broad SMARTS) is 2. The van der Waals surface area contributed by atoms with E-state index < -0.39 is 23.9 Å². The van der Waals surface area contributed by atoms with E-state index in [0.29, 0.717) is 6.42 Å². The summed E-state index contributed by atoms with van der Waals surface area (Å²) in [5, 5.41) is 16.6. The summed E-state index contributed by atoms with van der Waals surface area (Å²) in [6, 6.07) is -0.979. The van der Waals surface area contributed by atoms with Gasteiger partial charge in [0.05, 0.1) is 0 Å². The Morgan fingerprint density at radius 2 is 1.29 bits per heavy atom. The van der Waals surface area contributed by atoms with Gasteiger partial charge in [-0.1, -0.05) is 58.3 Å². The smallest absolute Gasteiger partial charge is 0.320 e. The van der Waals surface area contributed by atoms with Crippen LogP contribution in [0.25, 0.3) is 0 Å². The number of unbranched alkanes of at least 4 members (excludes halogenated alkanes) is 8. The van der Waals surface area contributed by atoms with Crippen LogP contribution in [0.4, 0.5) is 0 Å². The summed E-state index contributed by atoms with van der Waals surface area (Å²) in [6.45, 7) is 2.23. The molecule has 0 aromatic rings.